The maximum absolute atomic E-state index is 12.6. The molecule has 2 rings (SSSR count). The van der Waals surface area contributed by atoms with Crippen molar-refractivity contribution in [3.63, 3.8) is 0 Å². The van der Waals surface area contributed by atoms with Crippen LogP contribution in [0.15, 0.2) is 24.4 Å². The topological polar surface area (TPSA) is 53.4 Å². The van der Waals surface area contributed by atoms with E-state index >= 15 is 0 Å². The zero-order valence-electron chi connectivity index (χ0n) is 11.4. The number of hydrogen-bond acceptors (Lipinski definition) is 4. The number of carbonyl (C=O) groups excluding carboxylic acids is 1. The molecule has 0 N–H and O–H groups in total. The Kier molecular flexibility index (Phi) is 3.55. The minimum absolute atomic E-state index is 0.172. The fraction of sp³-hybridized carbons (Fsp3) is 0.286. The number of methoxy groups -OCH3 is 2. The van der Waals surface area contributed by atoms with Gasteiger partial charge in [-0.1, -0.05) is 6.07 Å². The lowest BCUT2D eigenvalue weighted by atomic mass is 10.0. The molecule has 19 heavy (non-hydrogen) atoms. The number of benzene rings is 1. The highest BCUT2D eigenvalue weighted by molar-refractivity contribution is 6.11. The minimum Gasteiger partial charge on any atom is -0.496 e. The van der Waals surface area contributed by atoms with Gasteiger partial charge in [0.15, 0.2) is 11.4 Å². The Balaban J connectivity index is 2.53. The molecule has 0 saturated heterocycles. The van der Waals surface area contributed by atoms with Crippen molar-refractivity contribution in [2.24, 2.45) is 7.05 Å². The van der Waals surface area contributed by atoms with Gasteiger partial charge in [0.1, 0.15) is 5.75 Å². The second-order valence-electron chi connectivity index (χ2n) is 4.22. The number of aryl methyl sites for hydroxylation is 2. The van der Waals surface area contributed by atoms with Crippen LogP contribution in [0.3, 0.4) is 0 Å². The van der Waals surface area contributed by atoms with Crippen LogP contribution in [0.25, 0.3) is 0 Å². The smallest absolute Gasteiger partial charge is 0.218 e. The standard InChI is InChI=1S/C14H16N2O3/c1-9-5-6-10(11(7-9)18-3)14(17)13-12(19-4)8-15-16(13)2/h5-8H,1-4H3. The molecule has 0 fully saturated rings. The molecule has 5 heteroatoms. The molecule has 0 amide bonds. The molecule has 0 atom stereocenters. The lowest BCUT2D eigenvalue weighted by molar-refractivity contribution is 0.102. The van der Waals surface area contributed by atoms with Gasteiger partial charge in [-0.15, -0.1) is 0 Å². The third kappa shape index (κ3) is 2.31. The number of ether oxygens (including phenoxy) is 2. The van der Waals surface area contributed by atoms with Gasteiger partial charge in [0.25, 0.3) is 0 Å². The van der Waals surface area contributed by atoms with Gasteiger partial charge in [0.2, 0.25) is 5.78 Å². The Labute approximate surface area is 111 Å². The molecule has 2 aromatic rings. The van der Waals surface area contributed by atoms with Crippen molar-refractivity contribution >= 4 is 5.78 Å². The SMILES string of the molecule is COc1cc(C)ccc1C(=O)c1c(OC)cnn1C. The molecule has 1 aromatic carbocycles. The van der Waals surface area contributed by atoms with E-state index in [9.17, 15) is 4.79 Å². The van der Waals surface area contributed by atoms with E-state index in [0.717, 1.165) is 5.56 Å². The van der Waals surface area contributed by atoms with Crippen LogP contribution in [-0.2, 0) is 7.05 Å². The summed E-state index contributed by atoms with van der Waals surface area (Å²) in [7, 11) is 4.77. The van der Waals surface area contributed by atoms with Crippen LogP contribution in [-0.4, -0.2) is 29.8 Å². The first-order valence-corrected chi connectivity index (χ1v) is 5.83. The van der Waals surface area contributed by atoms with Crippen molar-refractivity contribution in [2.45, 2.75) is 6.92 Å². The summed E-state index contributed by atoms with van der Waals surface area (Å²) in [5.41, 5.74) is 1.94. The summed E-state index contributed by atoms with van der Waals surface area (Å²) in [5.74, 6) is 0.831. The minimum atomic E-state index is -0.172. The van der Waals surface area contributed by atoms with Gasteiger partial charge in [-0.25, -0.2) is 0 Å². The molecule has 1 aromatic heterocycles. The van der Waals surface area contributed by atoms with E-state index in [-0.39, 0.29) is 5.78 Å². The molecular weight excluding hydrogens is 244 g/mol. The predicted octanol–water partition coefficient (Wildman–Crippen LogP) is 1.98. The summed E-state index contributed by atoms with van der Waals surface area (Å²) in [6.45, 7) is 1.95. The van der Waals surface area contributed by atoms with Crippen molar-refractivity contribution in [1.82, 2.24) is 9.78 Å². The Morgan fingerprint density at radius 1 is 1.21 bits per heavy atom. The predicted molar refractivity (Wildman–Crippen MR) is 70.9 cm³/mol. The largest absolute Gasteiger partial charge is 0.496 e. The molecule has 0 bridgehead atoms. The van der Waals surface area contributed by atoms with E-state index in [1.807, 2.05) is 19.1 Å². The normalized spacial score (nSPS) is 10.3. The number of aromatic nitrogens is 2. The first-order chi connectivity index (χ1) is 9.08. The third-order valence-corrected chi connectivity index (χ3v) is 2.94. The van der Waals surface area contributed by atoms with E-state index in [2.05, 4.69) is 5.10 Å². The summed E-state index contributed by atoms with van der Waals surface area (Å²) < 4.78 is 11.9. The summed E-state index contributed by atoms with van der Waals surface area (Å²) in [6.07, 6.45) is 1.52. The summed E-state index contributed by atoms with van der Waals surface area (Å²) in [6, 6.07) is 5.46. The average Bonchev–Trinajstić information content (AvgIpc) is 2.78. The highest BCUT2D eigenvalue weighted by Gasteiger charge is 2.22. The van der Waals surface area contributed by atoms with Gasteiger partial charge in [0, 0.05) is 7.05 Å². The third-order valence-electron chi connectivity index (χ3n) is 2.94. The summed E-state index contributed by atoms with van der Waals surface area (Å²) in [5, 5.41) is 4.04. The maximum Gasteiger partial charge on any atom is 0.218 e. The maximum atomic E-state index is 12.6. The van der Waals surface area contributed by atoms with Gasteiger partial charge in [0.05, 0.1) is 26.0 Å². The van der Waals surface area contributed by atoms with Crippen LogP contribution in [0.4, 0.5) is 0 Å². The average molecular weight is 260 g/mol. The molecule has 0 spiro atoms. The number of hydrogen-bond donors (Lipinski definition) is 0. The number of rotatable bonds is 4. The highest BCUT2D eigenvalue weighted by atomic mass is 16.5. The molecule has 0 aliphatic rings. The van der Waals surface area contributed by atoms with E-state index in [0.29, 0.717) is 22.8 Å². The fourth-order valence-corrected chi connectivity index (χ4v) is 1.94. The monoisotopic (exact) mass is 260 g/mol. The van der Waals surface area contributed by atoms with Gasteiger partial charge in [-0.2, -0.15) is 5.10 Å². The first-order valence-electron chi connectivity index (χ1n) is 5.83. The van der Waals surface area contributed by atoms with Crippen molar-refractivity contribution in [3.05, 3.63) is 41.2 Å². The lowest BCUT2D eigenvalue weighted by Gasteiger charge is -2.09. The zero-order valence-corrected chi connectivity index (χ0v) is 11.4. The molecule has 1 heterocycles. The Bertz CT molecular complexity index is 617. The van der Waals surface area contributed by atoms with Crippen LogP contribution in [0, 0.1) is 6.92 Å². The van der Waals surface area contributed by atoms with Crippen LogP contribution in [0.5, 0.6) is 11.5 Å². The second-order valence-corrected chi connectivity index (χ2v) is 4.22. The van der Waals surface area contributed by atoms with Crippen molar-refractivity contribution < 1.29 is 14.3 Å². The van der Waals surface area contributed by atoms with Gasteiger partial charge >= 0.3 is 0 Å². The van der Waals surface area contributed by atoms with Crippen LogP contribution in [0.1, 0.15) is 21.6 Å². The Hall–Kier alpha value is -2.30. The van der Waals surface area contributed by atoms with Crippen molar-refractivity contribution in [1.29, 1.82) is 0 Å². The quantitative estimate of drug-likeness (QED) is 0.789. The van der Waals surface area contributed by atoms with Gasteiger partial charge in [-0.3, -0.25) is 9.48 Å². The molecule has 0 aliphatic carbocycles. The summed E-state index contributed by atoms with van der Waals surface area (Å²) in [4.78, 5) is 12.6. The fourth-order valence-electron chi connectivity index (χ4n) is 1.94. The number of ketones is 1. The van der Waals surface area contributed by atoms with E-state index < -0.39 is 0 Å². The molecule has 0 aliphatic heterocycles. The van der Waals surface area contributed by atoms with Crippen LogP contribution < -0.4 is 9.47 Å². The van der Waals surface area contributed by atoms with E-state index in [1.54, 1.807) is 20.2 Å². The molecule has 0 unspecified atom stereocenters. The molecule has 0 saturated carbocycles. The van der Waals surface area contributed by atoms with Crippen molar-refractivity contribution in [2.75, 3.05) is 14.2 Å². The Morgan fingerprint density at radius 3 is 2.53 bits per heavy atom. The van der Waals surface area contributed by atoms with Crippen LogP contribution in [0.2, 0.25) is 0 Å². The number of carbonyl (C=O) groups is 1. The van der Waals surface area contributed by atoms with E-state index in [4.69, 9.17) is 9.47 Å². The Morgan fingerprint density at radius 2 is 1.89 bits per heavy atom. The zero-order chi connectivity index (χ0) is 14.0. The molecular formula is C14H16N2O3. The molecule has 5 nitrogen and oxygen atoms in total. The highest BCUT2D eigenvalue weighted by Crippen LogP contribution is 2.26. The lowest BCUT2D eigenvalue weighted by Crippen LogP contribution is -2.11. The van der Waals surface area contributed by atoms with Crippen molar-refractivity contribution in [3.8, 4) is 11.5 Å². The van der Waals surface area contributed by atoms with Crippen LogP contribution >= 0.6 is 0 Å². The summed E-state index contributed by atoms with van der Waals surface area (Å²) >= 11 is 0. The van der Waals surface area contributed by atoms with E-state index in [1.165, 1.54) is 18.0 Å². The second kappa shape index (κ2) is 5.14. The van der Waals surface area contributed by atoms with Gasteiger partial charge in [-0.05, 0) is 24.6 Å². The van der Waals surface area contributed by atoms with Gasteiger partial charge < -0.3 is 9.47 Å². The molecule has 0 radical (unpaired) electrons. The molecule has 100 valence electrons. The first kappa shape index (κ1) is 13.1. The number of nitrogens with zero attached hydrogens (tertiary/aromatic N) is 2.